The lowest BCUT2D eigenvalue weighted by Crippen LogP contribution is -2.03. The van der Waals surface area contributed by atoms with Crippen molar-refractivity contribution in [3.8, 4) is 5.75 Å². The van der Waals surface area contributed by atoms with Crippen LogP contribution in [0.1, 0.15) is 13.3 Å². The van der Waals surface area contributed by atoms with Crippen LogP contribution in [-0.4, -0.2) is 17.7 Å². The molecule has 17 heavy (non-hydrogen) atoms. The molecule has 92 valence electrons. The molecule has 1 rings (SSSR count). The number of carboxylic acid groups (broad SMARTS) is 1. The highest BCUT2D eigenvalue weighted by Gasteiger charge is 2.05. The fourth-order valence-corrected chi connectivity index (χ4v) is 1.56. The van der Waals surface area contributed by atoms with Gasteiger partial charge in [0, 0.05) is 11.6 Å². The van der Waals surface area contributed by atoms with E-state index in [2.05, 4.69) is 15.9 Å². The predicted molar refractivity (Wildman–Crippen MR) is 65.6 cm³/mol. The molecule has 0 spiro atoms. The van der Waals surface area contributed by atoms with Crippen molar-refractivity contribution in [2.75, 3.05) is 6.61 Å². The normalized spacial score (nSPS) is 11.4. The van der Waals surface area contributed by atoms with E-state index >= 15 is 0 Å². The first-order valence-electron chi connectivity index (χ1n) is 5.04. The Morgan fingerprint density at radius 2 is 2.29 bits per heavy atom. The Balaban J connectivity index is 2.67. The maximum absolute atomic E-state index is 12.9. The molecule has 0 heterocycles. The Hall–Kier alpha value is -1.36. The number of aliphatic carboxylic acids is 1. The van der Waals surface area contributed by atoms with Crippen molar-refractivity contribution < 1.29 is 19.0 Å². The Bertz CT molecular complexity index is 443. The summed E-state index contributed by atoms with van der Waals surface area (Å²) >= 11 is 3.21. The lowest BCUT2D eigenvalue weighted by Gasteiger charge is -2.06. The third-order valence-corrected chi connectivity index (χ3v) is 2.77. The van der Waals surface area contributed by atoms with Gasteiger partial charge in [-0.15, -0.1) is 0 Å². The van der Waals surface area contributed by atoms with Crippen LogP contribution in [0.15, 0.2) is 34.3 Å². The molecule has 0 aromatic heterocycles. The second-order valence-corrected chi connectivity index (χ2v) is 4.13. The van der Waals surface area contributed by atoms with Crippen molar-refractivity contribution in [3.63, 3.8) is 0 Å². The molecule has 0 radical (unpaired) electrons. The minimum absolute atomic E-state index is 0.0948. The molecule has 1 N–H and O–H groups in total. The minimum Gasteiger partial charge on any atom is -0.488 e. The summed E-state index contributed by atoms with van der Waals surface area (Å²) in [6.45, 7) is 1.84. The van der Waals surface area contributed by atoms with Gasteiger partial charge in [-0.2, -0.15) is 0 Å². The molecular weight excluding hydrogens is 291 g/mol. The largest absolute Gasteiger partial charge is 0.488 e. The molecule has 3 nitrogen and oxygen atoms in total. The standard InChI is InChI=1S/C12H12BrFO3/c1-2-8(12(15)16)5-6-17-11-7-9(14)3-4-10(11)13/h3-5,7H,2,6H2,1H3,(H,15,16)/b8-5-. The Labute approximate surface area is 107 Å². The van der Waals surface area contributed by atoms with Gasteiger partial charge in [0.15, 0.2) is 0 Å². The molecular formula is C12H12BrFO3. The van der Waals surface area contributed by atoms with Gasteiger partial charge in [0.05, 0.1) is 4.47 Å². The van der Waals surface area contributed by atoms with Crippen molar-refractivity contribution >= 4 is 21.9 Å². The van der Waals surface area contributed by atoms with Gasteiger partial charge in [0.25, 0.3) is 0 Å². The van der Waals surface area contributed by atoms with Crippen LogP contribution in [0.2, 0.25) is 0 Å². The third-order valence-electron chi connectivity index (χ3n) is 2.12. The summed E-state index contributed by atoms with van der Waals surface area (Å²) in [6, 6.07) is 4.08. The molecule has 0 aliphatic rings. The third kappa shape index (κ3) is 4.19. The molecule has 0 aliphatic heterocycles. The first-order chi connectivity index (χ1) is 8.04. The van der Waals surface area contributed by atoms with Crippen molar-refractivity contribution in [3.05, 3.63) is 40.1 Å². The molecule has 0 bridgehead atoms. The molecule has 1 aromatic rings. The lowest BCUT2D eigenvalue weighted by molar-refractivity contribution is -0.132. The second-order valence-electron chi connectivity index (χ2n) is 3.27. The zero-order valence-corrected chi connectivity index (χ0v) is 10.8. The van der Waals surface area contributed by atoms with Gasteiger partial charge < -0.3 is 9.84 Å². The summed E-state index contributed by atoms with van der Waals surface area (Å²) in [7, 11) is 0. The minimum atomic E-state index is -0.964. The van der Waals surface area contributed by atoms with E-state index < -0.39 is 11.8 Å². The van der Waals surface area contributed by atoms with Gasteiger partial charge in [-0.05, 0) is 40.6 Å². The number of hydrogen-bond acceptors (Lipinski definition) is 2. The molecule has 0 amide bonds. The number of carbonyl (C=O) groups is 1. The number of benzene rings is 1. The topological polar surface area (TPSA) is 46.5 Å². The molecule has 0 saturated heterocycles. The average molecular weight is 303 g/mol. The Kier molecular flexibility index (Phi) is 5.15. The maximum atomic E-state index is 12.9. The van der Waals surface area contributed by atoms with E-state index in [-0.39, 0.29) is 12.2 Å². The van der Waals surface area contributed by atoms with Crippen LogP contribution < -0.4 is 4.74 Å². The van der Waals surface area contributed by atoms with Gasteiger partial charge >= 0.3 is 5.97 Å². The van der Waals surface area contributed by atoms with E-state index in [4.69, 9.17) is 9.84 Å². The molecule has 0 aliphatic carbocycles. The number of ether oxygens (including phenoxy) is 1. The van der Waals surface area contributed by atoms with Gasteiger partial charge in [0.1, 0.15) is 18.2 Å². The second kappa shape index (κ2) is 6.39. The van der Waals surface area contributed by atoms with Crippen molar-refractivity contribution in [1.82, 2.24) is 0 Å². The molecule has 1 aromatic carbocycles. The molecule has 0 atom stereocenters. The van der Waals surface area contributed by atoms with Gasteiger partial charge in [0.2, 0.25) is 0 Å². The van der Waals surface area contributed by atoms with Crippen molar-refractivity contribution in [1.29, 1.82) is 0 Å². The highest BCUT2D eigenvalue weighted by atomic mass is 79.9. The molecule has 0 saturated carbocycles. The van der Waals surface area contributed by atoms with Crippen LogP contribution in [0.3, 0.4) is 0 Å². The van der Waals surface area contributed by atoms with Crippen LogP contribution in [0, 0.1) is 5.82 Å². The van der Waals surface area contributed by atoms with Gasteiger partial charge in [-0.25, -0.2) is 9.18 Å². The molecule has 0 fully saturated rings. The quantitative estimate of drug-likeness (QED) is 0.848. The van der Waals surface area contributed by atoms with E-state index in [1.807, 2.05) is 0 Å². The first kappa shape index (κ1) is 13.7. The zero-order chi connectivity index (χ0) is 12.8. The summed E-state index contributed by atoms with van der Waals surface area (Å²) in [4.78, 5) is 10.7. The lowest BCUT2D eigenvalue weighted by atomic mass is 10.2. The van der Waals surface area contributed by atoms with Crippen molar-refractivity contribution in [2.45, 2.75) is 13.3 Å². The fourth-order valence-electron chi connectivity index (χ4n) is 1.20. The van der Waals surface area contributed by atoms with Crippen molar-refractivity contribution in [2.24, 2.45) is 0 Å². The van der Waals surface area contributed by atoms with Crippen LogP contribution in [-0.2, 0) is 4.79 Å². The fraction of sp³-hybridized carbons (Fsp3) is 0.250. The van der Waals surface area contributed by atoms with Crippen LogP contribution in [0.25, 0.3) is 0 Å². The highest BCUT2D eigenvalue weighted by Crippen LogP contribution is 2.25. The SMILES string of the molecule is CC/C(=C/COc1cc(F)ccc1Br)C(=O)O. The first-order valence-corrected chi connectivity index (χ1v) is 5.84. The maximum Gasteiger partial charge on any atom is 0.331 e. The summed E-state index contributed by atoms with van der Waals surface area (Å²) < 4.78 is 18.8. The molecule has 5 heteroatoms. The van der Waals surface area contributed by atoms with E-state index in [1.165, 1.54) is 24.3 Å². The van der Waals surface area contributed by atoms with E-state index in [0.29, 0.717) is 16.6 Å². The Morgan fingerprint density at radius 1 is 1.59 bits per heavy atom. The molecule has 0 unspecified atom stereocenters. The monoisotopic (exact) mass is 302 g/mol. The summed E-state index contributed by atoms with van der Waals surface area (Å²) in [6.07, 6.45) is 1.89. The average Bonchev–Trinajstić information content (AvgIpc) is 2.28. The number of halogens is 2. The number of carboxylic acids is 1. The predicted octanol–water partition coefficient (Wildman–Crippen LogP) is 3.39. The summed E-state index contributed by atoms with van der Waals surface area (Å²) in [5.41, 5.74) is 0.275. The summed E-state index contributed by atoms with van der Waals surface area (Å²) in [5, 5.41) is 8.78. The zero-order valence-electron chi connectivity index (χ0n) is 9.24. The van der Waals surface area contributed by atoms with Crippen LogP contribution in [0.4, 0.5) is 4.39 Å². The highest BCUT2D eigenvalue weighted by molar-refractivity contribution is 9.10. The van der Waals surface area contributed by atoms with Crippen LogP contribution >= 0.6 is 15.9 Å². The summed E-state index contributed by atoms with van der Waals surface area (Å²) in [5.74, 6) is -1.02. The van der Waals surface area contributed by atoms with E-state index in [9.17, 15) is 9.18 Å². The number of rotatable bonds is 5. The van der Waals surface area contributed by atoms with E-state index in [1.54, 1.807) is 6.92 Å². The van der Waals surface area contributed by atoms with E-state index in [0.717, 1.165) is 0 Å². The smallest absolute Gasteiger partial charge is 0.331 e. The van der Waals surface area contributed by atoms with Gasteiger partial charge in [-0.3, -0.25) is 0 Å². The Morgan fingerprint density at radius 3 is 2.88 bits per heavy atom. The van der Waals surface area contributed by atoms with Crippen LogP contribution in [0.5, 0.6) is 5.75 Å². The van der Waals surface area contributed by atoms with Gasteiger partial charge in [-0.1, -0.05) is 6.92 Å². The number of hydrogen-bond donors (Lipinski definition) is 1.